The highest BCUT2D eigenvalue weighted by atomic mass is 32.1. The van der Waals surface area contributed by atoms with Gasteiger partial charge in [-0.25, -0.2) is 5.01 Å². The zero-order valence-electron chi connectivity index (χ0n) is 15.2. The topological polar surface area (TPSA) is 32.7 Å². The first-order valence-corrected chi connectivity index (χ1v) is 10.2. The standard InChI is InChI=1S/C24H18N2OS/c27-24(23-11-6-14-28-23)26-22(18-8-2-1-3-9-18)16-21(25-26)20-13-12-17-7-4-5-10-19(17)15-20/h1-15,22H,16H2/t22-/m0/s1. The van der Waals surface area contributed by atoms with E-state index in [4.69, 9.17) is 5.10 Å². The van der Waals surface area contributed by atoms with Crippen LogP contribution in [0.4, 0.5) is 0 Å². The lowest BCUT2D eigenvalue weighted by molar-refractivity contribution is 0.0716. The van der Waals surface area contributed by atoms with Crippen molar-refractivity contribution in [1.82, 2.24) is 5.01 Å². The number of amides is 1. The van der Waals surface area contributed by atoms with Crippen LogP contribution in [-0.4, -0.2) is 16.6 Å². The molecule has 0 N–H and O–H groups in total. The van der Waals surface area contributed by atoms with Crippen LogP contribution in [0.15, 0.2) is 95.4 Å². The van der Waals surface area contributed by atoms with Crippen LogP contribution in [-0.2, 0) is 0 Å². The lowest BCUT2D eigenvalue weighted by Crippen LogP contribution is -2.26. The highest BCUT2D eigenvalue weighted by molar-refractivity contribution is 7.12. The monoisotopic (exact) mass is 382 g/mol. The number of carbonyl (C=O) groups excluding carboxylic acids is 1. The number of carbonyl (C=O) groups is 1. The van der Waals surface area contributed by atoms with Gasteiger partial charge in [0.05, 0.1) is 16.6 Å². The van der Waals surface area contributed by atoms with Gasteiger partial charge in [-0.3, -0.25) is 4.79 Å². The van der Waals surface area contributed by atoms with E-state index in [2.05, 4.69) is 42.5 Å². The summed E-state index contributed by atoms with van der Waals surface area (Å²) in [5.74, 6) is -0.0420. The minimum Gasteiger partial charge on any atom is -0.266 e. The van der Waals surface area contributed by atoms with Gasteiger partial charge in [-0.15, -0.1) is 11.3 Å². The van der Waals surface area contributed by atoms with Gasteiger partial charge >= 0.3 is 0 Å². The van der Waals surface area contributed by atoms with E-state index < -0.39 is 0 Å². The number of hydrogen-bond acceptors (Lipinski definition) is 3. The van der Waals surface area contributed by atoms with E-state index >= 15 is 0 Å². The minimum absolute atomic E-state index is 0.0420. The summed E-state index contributed by atoms with van der Waals surface area (Å²) in [7, 11) is 0. The molecular formula is C24H18N2OS. The van der Waals surface area contributed by atoms with E-state index in [0.29, 0.717) is 11.3 Å². The summed E-state index contributed by atoms with van der Waals surface area (Å²) in [5, 5.41) is 10.8. The van der Waals surface area contributed by atoms with Gasteiger partial charge in [0.1, 0.15) is 0 Å². The second kappa shape index (κ2) is 7.06. The van der Waals surface area contributed by atoms with Crippen LogP contribution >= 0.6 is 11.3 Å². The number of hydrazone groups is 1. The molecule has 1 aromatic heterocycles. The molecule has 0 bridgehead atoms. The predicted molar refractivity (Wildman–Crippen MR) is 115 cm³/mol. The summed E-state index contributed by atoms with van der Waals surface area (Å²) in [6.45, 7) is 0. The zero-order valence-corrected chi connectivity index (χ0v) is 16.0. The van der Waals surface area contributed by atoms with E-state index in [1.807, 2.05) is 47.8 Å². The van der Waals surface area contributed by atoms with E-state index in [0.717, 1.165) is 16.8 Å². The summed E-state index contributed by atoms with van der Waals surface area (Å²) < 4.78 is 0. The smallest absolute Gasteiger partial charge is 0.266 e. The van der Waals surface area contributed by atoms with Crippen molar-refractivity contribution in [3.05, 3.63) is 106 Å². The molecule has 0 saturated heterocycles. The Morgan fingerprint density at radius 3 is 2.46 bits per heavy atom. The van der Waals surface area contributed by atoms with E-state index in [-0.39, 0.29) is 11.9 Å². The van der Waals surface area contributed by atoms with Gasteiger partial charge < -0.3 is 0 Å². The molecule has 1 amide bonds. The second-order valence-electron chi connectivity index (χ2n) is 6.87. The first-order valence-electron chi connectivity index (χ1n) is 9.28. The number of thiophene rings is 1. The van der Waals surface area contributed by atoms with E-state index in [1.54, 1.807) is 5.01 Å². The zero-order chi connectivity index (χ0) is 18.9. The quantitative estimate of drug-likeness (QED) is 0.435. The van der Waals surface area contributed by atoms with Gasteiger partial charge in [-0.2, -0.15) is 5.10 Å². The Hall–Kier alpha value is -3.24. The molecule has 2 heterocycles. The Balaban J connectivity index is 1.56. The maximum Gasteiger partial charge on any atom is 0.284 e. The Morgan fingerprint density at radius 1 is 0.893 bits per heavy atom. The molecule has 3 nitrogen and oxygen atoms in total. The normalized spacial score (nSPS) is 16.4. The Labute approximate surface area is 167 Å². The molecule has 5 rings (SSSR count). The fourth-order valence-electron chi connectivity index (χ4n) is 3.69. The molecule has 4 aromatic rings. The van der Waals surface area contributed by atoms with Crippen molar-refractivity contribution in [2.45, 2.75) is 12.5 Å². The summed E-state index contributed by atoms with van der Waals surface area (Å²) in [4.78, 5) is 13.8. The van der Waals surface area contributed by atoms with Crippen molar-refractivity contribution >= 4 is 33.7 Å². The summed E-state index contributed by atoms with van der Waals surface area (Å²) in [5.41, 5.74) is 3.12. The number of nitrogens with zero attached hydrogens (tertiary/aromatic N) is 2. The number of fused-ring (bicyclic) bond motifs is 1. The highest BCUT2D eigenvalue weighted by Crippen LogP contribution is 2.35. The molecule has 0 saturated carbocycles. The molecule has 0 spiro atoms. The molecule has 0 aliphatic carbocycles. The van der Waals surface area contributed by atoms with Crippen molar-refractivity contribution in [1.29, 1.82) is 0 Å². The first-order chi connectivity index (χ1) is 13.8. The van der Waals surface area contributed by atoms with Gasteiger partial charge in [-0.05, 0) is 39.4 Å². The molecule has 28 heavy (non-hydrogen) atoms. The van der Waals surface area contributed by atoms with Crippen molar-refractivity contribution in [3.63, 3.8) is 0 Å². The van der Waals surface area contributed by atoms with Crippen LogP contribution < -0.4 is 0 Å². The van der Waals surface area contributed by atoms with Crippen LogP contribution in [0.3, 0.4) is 0 Å². The van der Waals surface area contributed by atoms with Crippen molar-refractivity contribution in [2.24, 2.45) is 5.10 Å². The van der Waals surface area contributed by atoms with Gasteiger partial charge in [-0.1, -0.05) is 72.8 Å². The Bertz CT molecular complexity index is 1170. The average molecular weight is 382 g/mol. The molecule has 1 atom stereocenters. The number of rotatable bonds is 3. The lowest BCUT2D eigenvalue weighted by Gasteiger charge is -2.21. The fraction of sp³-hybridized carbons (Fsp3) is 0.0833. The molecular weight excluding hydrogens is 364 g/mol. The molecule has 0 unspecified atom stereocenters. The third-order valence-electron chi connectivity index (χ3n) is 5.12. The van der Waals surface area contributed by atoms with Crippen molar-refractivity contribution in [2.75, 3.05) is 0 Å². The molecule has 1 aliphatic rings. The SMILES string of the molecule is O=C(c1cccs1)N1N=C(c2ccc3ccccc3c2)C[C@H]1c1ccccc1. The molecule has 4 heteroatoms. The van der Waals surface area contributed by atoms with Crippen LogP contribution in [0.1, 0.15) is 33.3 Å². The van der Waals surface area contributed by atoms with Crippen LogP contribution in [0.5, 0.6) is 0 Å². The van der Waals surface area contributed by atoms with Gasteiger partial charge in [0.25, 0.3) is 5.91 Å². The minimum atomic E-state index is -0.0859. The molecule has 0 fully saturated rings. The van der Waals surface area contributed by atoms with Crippen molar-refractivity contribution in [3.8, 4) is 0 Å². The average Bonchev–Trinajstić information content (AvgIpc) is 3.44. The van der Waals surface area contributed by atoms with E-state index in [1.165, 1.54) is 22.1 Å². The summed E-state index contributed by atoms with van der Waals surface area (Å²) in [6.07, 6.45) is 0.708. The predicted octanol–water partition coefficient (Wildman–Crippen LogP) is 5.89. The maximum atomic E-state index is 13.1. The van der Waals surface area contributed by atoms with Crippen molar-refractivity contribution < 1.29 is 4.79 Å². The fourth-order valence-corrected chi connectivity index (χ4v) is 4.34. The van der Waals surface area contributed by atoms with Gasteiger partial charge in [0, 0.05) is 6.42 Å². The summed E-state index contributed by atoms with van der Waals surface area (Å²) in [6, 6.07) is 28.5. The van der Waals surface area contributed by atoms with Crippen LogP contribution in [0.2, 0.25) is 0 Å². The third kappa shape index (κ3) is 3.02. The molecule has 1 aliphatic heterocycles. The van der Waals surface area contributed by atoms with Gasteiger partial charge in [0.15, 0.2) is 0 Å². The molecule has 136 valence electrons. The van der Waals surface area contributed by atoms with Crippen LogP contribution in [0, 0.1) is 0 Å². The lowest BCUT2D eigenvalue weighted by atomic mass is 9.97. The largest absolute Gasteiger partial charge is 0.284 e. The second-order valence-corrected chi connectivity index (χ2v) is 7.81. The maximum absolute atomic E-state index is 13.1. The van der Waals surface area contributed by atoms with Crippen LogP contribution in [0.25, 0.3) is 10.8 Å². The first kappa shape index (κ1) is 16.9. The Kier molecular flexibility index (Phi) is 4.26. The van der Waals surface area contributed by atoms with E-state index in [9.17, 15) is 4.79 Å². The Morgan fingerprint density at radius 2 is 1.68 bits per heavy atom. The number of hydrogen-bond donors (Lipinski definition) is 0. The molecule has 3 aromatic carbocycles. The summed E-state index contributed by atoms with van der Waals surface area (Å²) >= 11 is 1.45. The third-order valence-corrected chi connectivity index (χ3v) is 5.98. The molecule has 0 radical (unpaired) electrons. The highest BCUT2D eigenvalue weighted by Gasteiger charge is 2.33. The van der Waals surface area contributed by atoms with Gasteiger partial charge in [0.2, 0.25) is 0 Å². The number of benzene rings is 3.